The van der Waals surface area contributed by atoms with E-state index >= 15 is 0 Å². The smallest absolute Gasteiger partial charge is 0.226 e. The minimum Gasteiger partial charge on any atom is -0.393 e. The number of benzene rings is 1. The van der Waals surface area contributed by atoms with E-state index in [1.165, 1.54) is 0 Å². The summed E-state index contributed by atoms with van der Waals surface area (Å²) >= 11 is 0. The van der Waals surface area contributed by atoms with Crippen molar-refractivity contribution in [2.75, 3.05) is 18.4 Å². The van der Waals surface area contributed by atoms with Crippen molar-refractivity contribution in [1.82, 2.24) is 4.90 Å². The van der Waals surface area contributed by atoms with Crippen molar-refractivity contribution in [2.24, 2.45) is 0 Å². The van der Waals surface area contributed by atoms with Gasteiger partial charge >= 0.3 is 0 Å². The number of piperidine rings is 1. The van der Waals surface area contributed by atoms with Gasteiger partial charge in [-0.05, 0) is 37.0 Å². The Labute approximate surface area is 137 Å². The highest BCUT2D eigenvalue weighted by Crippen LogP contribution is 2.14. The van der Waals surface area contributed by atoms with Gasteiger partial charge in [0.05, 0.1) is 12.5 Å². The first-order valence-corrected chi connectivity index (χ1v) is 8.04. The number of nitrogens with one attached hydrogen (secondary N) is 1. The van der Waals surface area contributed by atoms with Crippen LogP contribution < -0.4 is 5.32 Å². The van der Waals surface area contributed by atoms with Crippen molar-refractivity contribution in [3.05, 3.63) is 42.5 Å². The number of rotatable bonds is 6. The number of allylic oxidation sites excluding steroid dienone is 1. The topological polar surface area (TPSA) is 69.6 Å². The van der Waals surface area contributed by atoms with E-state index in [-0.39, 0.29) is 17.9 Å². The first kappa shape index (κ1) is 17.2. The van der Waals surface area contributed by atoms with Crippen LogP contribution >= 0.6 is 0 Å². The van der Waals surface area contributed by atoms with Gasteiger partial charge in [0.25, 0.3) is 0 Å². The Morgan fingerprint density at radius 1 is 1.26 bits per heavy atom. The Bertz CT molecular complexity index is 546. The maximum absolute atomic E-state index is 12.2. The zero-order chi connectivity index (χ0) is 16.7. The molecule has 0 spiro atoms. The summed E-state index contributed by atoms with van der Waals surface area (Å²) in [5, 5.41) is 12.3. The van der Waals surface area contributed by atoms with Gasteiger partial charge in [-0.25, -0.2) is 0 Å². The van der Waals surface area contributed by atoms with E-state index in [4.69, 9.17) is 0 Å². The van der Waals surface area contributed by atoms with Gasteiger partial charge in [0, 0.05) is 25.2 Å². The number of nitrogens with zero attached hydrogens (tertiary/aromatic N) is 1. The summed E-state index contributed by atoms with van der Waals surface area (Å²) in [6, 6.07) is 7.35. The van der Waals surface area contributed by atoms with E-state index in [0.29, 0.717) is 45.2 Å². The molecule has 0 radical (unpaired) electrons. The molecule has 1 aromatic carbocycles. The maximum Gasteiger partial charge on any atom is 0.226 e. The second kappa shape index (κ2) is 8.48. The summed E-state index contributed by atoms with van der Waals surface area (Å²) < 4.78 is 0. The summed E-state index contributed by atoms with van der Waals surface area (Å²) in [5.74, 6) is 0.0419. The Balaban J connectivity index is 1.83. The van der Waals surface area contributed by atoms with E-state index in [0.717, 1.165) is 11.3 Å². The molecule has 1 saturated heterocycles. The Morgan fingerprint density at radius 3 is 2.52 bits per heavy atom. The molecule has 1 aliphatic heterocycles. The van der Waals surface area contributed by atoms with E-state index in [9.17, 15) is 14.7 Å². The van der Waals surface area contributed by atoms with Gasteiger partial charge in [0.15, 0.2) is 0 Å². The fourth-order valence-electron chi connectivity index (χ4n) is 2.56. The molecule has 0 aromatic heterocycles. The number of hydrogen-bond donors (Lipinski definition) is 2. The average molecular weight is 316 g/mol. The number of amides is 2. The van der Waals surface area contributed by atoms with Crippen LogP contribution in [0, 0.1) is 0 Å². The third-order valence-electron chi connectivity index (χ3n) is 3.99. The van der Waals surface area contributed by atoms with Crippen LogP contribution in [0.5, 0.6) is 0 Å². The molecule has 0 saturated carbocycles. The van der Waals surface area contributed by atoms with Crippen LogP contribution in [0.25, 0.3) is 0 Å². The van der Waals surface area contributed by atoms with Gasteiger partial charge in [0.2, 0.25) is 11.8 Å². The molecule has 0 unspecified atom stereocenters. The number of anilines is 1. The van der Waals surface area contributed by atoms with Crippen LogP contribution in [-0.2, 0) is 16.0 Å². The lowest BCUT2D eigenvalue weighted by Gasteiger charge is -2.29. The first-order chi connectivity index (χ1) is 11.1. The number of carbonyl (C=O) groups is 2. The number of aliphatic hydroxyl groups excluding tert-OH is 1. The highest BCUT2D eigenvalue weighted by molar-refractivity contribution is 5.90. The highest BCUT2D eigenvalue weighted by atomic mass is 16.3. The SMILES string of the molecule is C=CCCC(=O)Nc1ccc(CC(=O)N2CCC(O)CC2)cc1. The molecular formula is C18H24N2O3. The zero-order valence-electron chi connectivity index (χ0n) is 13.3. The number of hydrogen-bond acceptors (Lipinski definition) is 3. The molecule has 1 aliphatic rings. The zero-order valence-corrected chi connectivity index (χ0v) is 13.3. The Kier molecular flexibility index (Phi) is 6.35. The largest absolute Gasteiger partial charge is 0.393 e. The van der Waals surface area contributed by atoms with Gasteiger partial charge < -0.3 is 15.3 Å². The van der Waals surface area contributed by atoms with Crippen LogP contribution in [0.3, 0.4) is 0 Å². The minimum absolute atomic E-state index is 0.0411. The Hall–Kier alpha value is -2.14. The van der Waals surface area contributed by atoms with Crippen molar-refractivity contribution in [2.45, 2.75) is 38.2 Å². The van der Waals surface area contributed by atoms with Gasteiger partial charge in [-0.2, -0.15) is 0 Å². The standard InChI is InChI=1S/C18H24N2O3/c1-2-3-4-17(22)19-15-7-5-14(6-8-15)13-18(23)20-11-9-16(21)10-12-20/h2,5-8,16,21H,1,3-4,9-13H2,(H,19,22). The van der Waals surface area contributed by atoms with Gasteiger partial charge in [-0.1, -0.05) is 18.2 Å². The molecule has 0 bridgehead atoms. The second-order valence-electron chi connectivity index (χ2n) is 5.86. The molecule has 1 heterocycles. The number of likely N-dealkylation sites (tertiary alicyclic amines) is 1. The van der Waals surface area contributed by atoms with Crippen molar-refractivity contribution >= 4 is 17.5 Å². The van der Waals surface area contributed by atoms with Crippen LogP contribution in [0.15, 0.2) is 36.9 Å². The van der Waals surface area contributed by atoms with Crippen molar-refractivity contribution < 1.29 is 14.7 Å². The van der Waals surface area contributed by atoms with Crippen LogP contribution in [0.2, 0.25) is 0 Å². The van der Waals surface area contributed by atoms with E-state index in [1.807, 2.05) is 24.3 Å². The third kappa shape index (κ3) is 5.53. The monoisotopic (exact) mass is 316 g/mol. The number of aliphatic hydroxyl groups is 1. The number of carbonyl (C=O) groups excluding carboxylic acids is 2. The highest BCUT2D eigenvalue weighted by Gasteiger charge is 2.21. The fraction of sp³-hybridized carbons (Fsp3) is 0.444. The predicted molar refractivity (Wildman–Crippen MR) is 90.0 cm³/mol. The van der Waals surface area contributed by atoms with Crippen LogP contribution in [-0.4, -0.2) is 41.0 Å². The lowest BCUT2D eigenvalue weighted by atomic mass is 10.1. The molecule has 2 N–H and O–H groups in total. The molecular weight excluding hydrogens is 292 g/mol. The predicted octanol–water partition coefficient (Wildman–Crippen LogP) is 2.12. The first-order valence-electron chi connectivity index (χ1n) is 8.04. The summed E-state index contributed by atoms with van der Waals surface area (Å²) in [4.78, 5) is 25.7. The van der Waals surface area contributed by atoms with E-state index in [2.05, 4.69) is 11.9 Å². The molecule has 124 valence electrons. The molecule has 5 heteroatoms. The summed E-state index contributed by atoms with van der Waals surface area (Å²) in [7, 11) is 0. The summed E-state index contributed by atoms with van der Waals surface area (Å²) in [6.07, 6.45) is 4.17. The fourth-order valence-corrected chi connectivity index (χ4v) is 2.56. The second-order valence-corrected chi connectivity index (χ2v) is 5.86. The maximum atomic E-state index is 12.2. The van der Waals surface area contributed by atoms with Gasteiger partial charge in [-0.3, -0.25) is 9.59 Å². The summed E-state index contributed by atoms with van der Waals surface area (Å²) in [6.45, 7) is 4.84. The molecule has 1 fully saturated rings. The molecule has 0 aliphatic carbocycles. The third-order valence-corrected chi connectivity index (χ3v) is 3.99. The molecule has 2 amide bonds. The van der Waals surface area contributed by atoms with Crippen LogP contribution in [0.4, 0.5) is 5.69 Å². The molecule has 0 atom stereocenters. The van der Waals surface area contributed by atoms with Crippen molar-refractivity contribution in [3.8, 4) is 0 Å². The van der Waals surface area contributed by atoms with Crippen molar-refractivity contribution in [1.29, 1.82) is 0 Å². The molecule has 23 heavy (non-hydrogen) atoms. The van der Waals surface area contributed by atoms with Gasteiger partial charge in [-0.15, -0.1) is 6.58 Å². The van der Waals surface area contributed by atoms with Crippen molar-refractivity contribution in [3.63, 3.8) is 0 Å². The molecule has 1 aromatic rings. The average Bonchev–Trinajstić information content (AvgIpc) is 2.55. The van der Waals surface area contributed by atoms with E-state index in [1.54, 1.807) is 11.0 Å². The van der Waals surface area contributed by atoms with E-state index < -0.39 is 0 Å². The van der Waals surface area contributed by atoms with Gasteiger partial charge in [0.1, 0.15) is 0 Å². The lowest BCUT2D eigenvalue weighted by molar-refractivity contribution is -0.132. The molecule has 2 rings (SSSR count). The normalized spacial score (nSPS) is 15.3. The van der Waals surface area contributed by atoms with Crippen LogP contribution in [0.1, 0.15) is 31.2 Å². The quantitative estimate of drug-likeness (QED) is 0.790. The summed E-state index contributed by atoms with van der Waals surface area (Å²) in [5.41, 5.74) is 1.65. The minimum atomic E-state index is -0.275. The Morgan fingerprint density at radius 2 is 1.91 bits per heavy atom. The lowest BCUT2D eigenvalue weighted by Crippen LogP contribution is -2.40. The molecule has 5 nitrogen and oxygen atoms in total.